The molecule has 3 N–H and O–H groups in total. The lowest BCUT2D eigenvalue weighted by Crippen LogP contribution is -2.19. The van der Waals surface area contributed by atoms with Crippen LogP contribution >= 0.6 is 50.2 Å². The Morgan fingerprint density at radius 1 is 0.615 bits per heavy atom. The number of anilines is 5. The number of nitrogen functional groups attached to an aromatic ring is 1. The molecular weight excluding hydrogens is 1150 g/mol. The van der Waals surface area contributed by atoms with Crippen molar-refractivity contribution in [1.29, 1.82) is 1.34 Å². The third kappa shape index (κ3) is 18.3. The first-order valence-electron chi connectivity index (χ1n) is 22.4. The molecule has 78 heavy (non-hydrogen) atoms. The van der Waals surface area contributed by atoms with E-state index in [4.69, 9.17) is 18.7 Å². The van der Waals surface area contributed by atoms with Gasteiger partial charge in [0.1, 0.15) is 28.4 Å². The molecule has 0 spiro atoms. The van der Waals surface area contributed by atoms with E-state index in [0.29, 0.717) is 49.9 Å². The van der Waals surface area contributed by atoms with Crippen LogP contribution in [-0.4, -0.2) is 89.8 Å². The van der Waals surface area contributed by atoms with Crippen LogP contribution in [0.25, 0.3) is 21.4 Å². The van der Waals surface area contributed by atoms with Crippen LogP contribution in [0.1, 0.15) is 56.1 Å². The van der Waals surface area contributed by atoms with Gasteiger partial charge in [-0.25, -0.2) is 44.9 Å². The minimum Gasteiger partial charge on any atom is -0.396 e. The maximum Gasteiger partial charge on any atom is 0.471 e. The molecule has 21 nitrogen and oxygen atoms in total. The number of alkyl halides is 7. The molecule has 0 amide bonds. The van der Waals surface area contributed by atoms with Gasteiger partial charge in [0.05, 0.1) is 87.6 Å². The van der Waals surface area contributed by atoms with Gasteiger partial charge < -0.3 is 25.0 Å². The van der Waals surface area contributed by atoms with Gasteiger partial charge in [0.15, 0.2) is 5.82 Å². The zero-order valence-electron chi connectivity index (χ0n) is 42.6. The highest BCUT2D eigenvalue weighted by Crippen LogP contribution is 2.35. The third-order valence-electron chi connectivity index (χ3n) is 9.33. The number of thiophene rings is 2. The Labute approximate surface area is 464 Å². The minimum absolute atomic E-state index is 0.0375. The quantitative estimate of drug-likeness (QED) is 0.0772. The molecular formula is C46H42BBrClF6N19O2S2. The number of nitrogens with one attached hydrogen (secondary N) is 1. The Balaban J connectivity index is 0.000000198. The highest BCUT2D eigenvalue weighted by Gasteiger charge is 2.39. The van der Waals surface area contributed by atoms with E-state index in [1.807, 2.05) is 39.5 Å². The molecule has 32 heteroatoms. The van der Waals surface area contributed by atoms with Gasteiger partial charge in [-0.1, -0.05) is 37.8 Å². The smallest absolute Gasteiger partial charge is 0.396 e. The van der Waals surface area contributed by atoms with Crippen molar-refractivity contribution >= 4 is 87.3 Å². The second kappa shape index (κ2) is 28.4. The van der Waals surface area contributed by atoms with Crippen LogP contribution in [0.15, 0.2) is 108 Å². The van der Waals surface area contributed by atoms with Gasteiger partial charge in [0.25, 0.3) is 0 Å². The normalized spacial score (nSPS) is 10.8. The number of aryl methyl sites for hydroxylation is 6. The lowest BCUT2D eigenvalue weighted by atomic mass is 10.3. The maximum absolute atomic E-state index is 12.7. The highest BCUT2D eigenvalue weighted by molar-refractivity contribution is 9.08. The second-order valence-corrected chi connectivity index (χ2v) is 18.4. The van der Waals surface area contributed by atoms with Crippen molar-refractivity contribution in [2.45, 2.75) is 65.8 Å². The molecule has 10 heterocycles. The van der Waals surface area contributed by atoms with Crippen LogP contribution in [-0.2, 0) is 24.2 Å². The molecule has 10 rings (SSSR count). The predicted molar refractivity (Wildman–Crippen MR) is 284 cm³/mol. The summed E-state index contributed by atoms with van der Waals surface area (Å²) in [6, 6.07) is 6.89. The fourth-order valence-electron chi connectivity index (χ4n) is 5.83. The number of rotatable bonds is 9. The van der Waals surface area contributed by atoms with Crippen LogP contribution < -0.4 is 16.0 Å². The van der Waals surface area contributed by atoms with Crippen LogP contribution in [0.5, 0.6) is 0 Å². The van der Waals surface area contributed by atoms with E-state index in [9.17, 15) is 26.3 Å². The topological polar surface area (TPSA) is 274 Å². The summed E-state index contributed by atoms with van der Waals surface area (Å²) in [5.74, 6) is 0.599. The molecule has 0 aliphatic heterocycles. The molecule has 0 bridgehead atoms. The zero-order chi connectivity index (χ0) is 57.7. The van der Waals surface area contributed by atoms with Gasteiger partial charge >= 0.3 is 24.1 Å². The van der Waals surface area contributed by atoms with Gasteiger partial charge in [-0.3, -0.25) is 15.0 Å². The minimum atomic E-state index is -4.68. The summed E-state index contributed by atoms with van der Waals surface area (Å²) in [5, 5.41) is 10.9. The number of nitrogens with zero attached hydrogens (tertiary/aromatic N) is 17. The van der Waals surface area contributed by atoms with E-state index < -0.39 is 24.1 Å². The summed E-state index contributed by atoms with van der Waals surface area (Å²) in [6.45, 7) is 11.5. The lowest BCUT2D eigenvalue weighted by molar-refractivity contribution is -0.160. The SMILES string of the molecule is Cc1ncc(N(Cc2ccc(-c3noc(C(F)(F)F)n3)s2)c2cnccn2)c(C)n1.Cc1ncc(N)c(C)n1.Cc1ncc(Nc2cnccn2)c(C)n1.Clc1cnccn1.FC(F)(F)c1nc(-c2ccc(CBr)s2)no1.[2H][B]. The fourth-order valence-corrected chi connectivity index (χ4v) is 8.18. The summed E-state index contributed by atoms with van der Waals surface area (Å²) in [4.78, 5) is 60.3. The number of halogens is 8. The zero-order valence-corrected chi connectivity index (χ0v) is 45.5. The van der Waals surface area contributed by atoms with Gasteiger partial charge in [0, 0.05) is 60.6 Å². The third-order valence-corrected chi connectivity index (χ3v) is 12.7. The summed E-state index contributed by atoms with van der Waals surface area (Å²) < 4.78 is 88.4. The van der Waals surface area contributed by atoms with Crippen LogP contribution in [0.3, 0.4) is 0 Å². The molecule has 0 aromatic carbocycles. The molecule has 10 aromatic heterocycles. The molecule has 0 saturated heterocycles. The van der Waals surface area contributed by atoms with Crippen LogP contribution in [0.4, 0.5) is 55.0 Å². The molecule has 0 aliphatic rings. The van der Waals surface area contributed by atoms with Gasteiger partial charge in [-0.15, -0.1) is 22.7 Å². The van der Waals surface area contributed by atoms with E-state index in [2.05, 4.69) is 119 Å². The predicted octanol–water partition coefficient (Wildman–Crippen LogP) is 10.8. The molecule has 0 unspecified atom stereocenters. The van der Waals surface area contributed by atoms with E-state index in [1.54, 1.807) is 99.4 Å². The van der Waals surface area contributed by atoms with Crippen molar-refractivity contribution in [2.24, 2.45) is 0 Å². The first-order valence-corrected chi connectivity index (χ1v) is 25.0. The first-order chi connectivity index (χ1) is 37.7. The van der Waals surface area contributed by atoms with Crippen molar-refractivity contribution in [2.75, 3.05) is 16.0 Å². The fraction of sp³-hybridized carbons (Fsp3) is 0.217. The lowest BCUT2D eigenvalue weighted by Gasteiger charge is -2.23. The summed E-state index contributed by atoms with van der Waals surface area (Å²) in [5.41, 5.74) is 10.2. The molecule has 0 saturated carbocycles. The van der Waals surface area contributed by atoms with Gasteiger partial charge in [-0.2, -0.15) is 36.3 Å². The summed E-state index contributed by atoms with van der Waals surface area (Å²) in [6.07, 6.45) is 10.1. The number of hydrogen-bond acceptors (Lipinski definition) is 23. The van der Waals surface area contributed by atoms with Crippen molar-refractivity contribution in [3.63, 3.8) is 0 Å². The van der Waals surface area contributed by atoms with Crippen molar-refractivity contribution in [1.82, 2.24) is 80.1 Å². The maximum atomic E-state index is 12.7. The summed E-state index contributed by atoms with van der Waals surface area (Å²) in [7, 11) is 3.75. The van der Waals surface area contributed by atoms with Gasteiger partial charge in [0.2, 0.25) is 11.6 Å². The van der Waals surface area contributed by atoms with E-state index in [1.165, 1.54) is 28.9 Å². The average molecular weight is 1200 g/mol. The average Bonchev–Trinajstić information content (AvgIpc) is 4.29. The standard InChI is InChI=1S/C18H14F3N7OS.C10H11N5.C8H4BrF3N2OS.C6H9N3.C4H3ClN2.BH/c1-10-13(7-24-11(2)25-10)28(15-8-22-5-6-23-15)9-12-3-4-14(30-12)16-26-17(29-27-16)18(19,20)21;1-7-9(5-13-8(2)14-7)15-10-6-11-3-4-12-10;9-3-4-1-2-5(16-4)6-13-7(15-14-6)8(10,11)12;1-4-6(7)3-8-5(2)9-4;5-4-3-6-1-2-7-4;/h3-8H,9H2,1-2H3;3-6H,1-2H3,(H,12,15);1-2H,3H2;3H,7H2,1-2H3;1-3H;1H/i;;;;;1D. The van der Waals surface area contributed by atoms with E-state index in [-0.39, 0.29) is 11.6 Å². The number of nitrogens with two attached hydrogens (primary N) is 1. The number of aromatic nitrogens is 16. The highest BCUT2D eigenvalue weighted by atomic mass is 79.9. The Bertz CT molecular complexity index is 3450. The van der Waals surface area contributed by atoms with E-state index in [0.717, 1.165) is 49.9 Å². The largest absolute Gasteiger partial charge is 0.471 e. The Morgan fingerprint density at radius 2 is 1.13 bits per heavy atom. The molecule has 2 radical (unpaired) electrons. The molecule has 10 aromatic rings. The Morgan fingerprint density at radius 3 is 1.56 bits per heavy atom. The summed E-state index contributed by atoms with van der Waals surface area (Å²) >= 11 is 11.2. The Kier molecular flexibility index (Phi) is 21.5. The van der Waals surface area contributed by atoms with Crippen molar-refractivity contribution < 1.29 is 35.4 Å². The van der Waals surface area contributed by atoms with Crippen LogP contribution in [0.2, 0.25) is 5.15 Å². The van der Waals surface area contributed by atoms with E-state index >= 15 is 0 Å². The monoisotopic (exact) mass is 1200 g/mol. The van der Waals surface area contributed by atoms with Gasteiger partial charge in [-0.05, 0) is 67.1 Å². The Hall–Kier alpha value is -8.03. The van der Waals surface area contributed by atoms with Crippen molar-refractivity contribution in [3.8, 4) is 21.4 Å². The second-order valence-electron chi connectivity index (χ2n) is 15.2. The van der Waals surface area contributed by atoms with Crippen LogP contribution in [0, 0.1) is 41.5 Å². The first kappa shape index (κ1) is 59.2. The number of hydrogen-bond donors (Lipinski definition) is 2. The molecule has 0 aliphatic carbocycles. The van der Waals surface area contributed by atoms with Crippen molar-refractivity contribution in [3.05, 3.63) is 160 Å². The molecule has 404 valence electrons. The molecule has 0 atom stereocenters. The molecule has 0 fully saturated rings.